The molecule has 0 spiro atoms. The smallest absolute Gasteiger partial charge is 0.0731 e. The predicted octanol–water partition coefficient (Wildman–Crippen LogP) is 36.5. The van der Waals surface area contributed by atoms with E-state index in [1.165, 1.54) is 131 Å². The maximum Gasteiger partial charge on any atom is 0.0731 e. The van der Waals surface area contributed by atoms with Crippen LogP contribution in [0.15, 0.2) is 566 Å². The van der Waals surface area contributed by atoms with Gasteiger partial charge in [0, 0.05) is 108 Å². The number of benzene rings is 18. The SMILES string of the molecule is c1ccc(-c2c3ccccc3c(-c3cccc(-c4cc(-c5ccc(-c6ccncc6)cc5)nc(-c5cccnc5)c4)c3)c3ccccc23)cc1.c1ccc(-c2c3ccccc3c(-c3cccc(-c4cc(-c5cccnc5)nc(-c5cccc(-c6ccncc6)c5)c4)c3)c3ccccc23)cc1.c1ccc(-c2c3ccccc3c(-c3cccc(-c4cc(-c5cccnc5)nc(-c5ccccc5-c5ccncc5)c4)c3)c3ccccc23)cc1. The van der Waals surface area contributed by atoms with Crippen molar-refractivity contribution in [1.82, 2.24) is 44.9 Å². The molecule has 9 heterocycles. The van der Waals surface area contributed by atoms with E-state index >= 15 is 0 Å². The largest absolute Gasteiger partial charge is 0.265 e. The fraction of sp³-hybridized carbons (Fsp3) is 0. The molecule has 0 aliphatic heterocycles. The Hall–Kier alpha value is -20.1. The Bertz CT molecular complexity index is 9480. The highest BCUT2D eigenvalue weighted by atomic mass is 14.8. The van der Waals surface area contributed by atoms with Crippen LogP contribution < -0.4 is 0 Å². The zero-order chi connectivity index (χ0) is 99.8. The van der Waals surface area contributed by atoms with Crippen molar-refractivity contribution in [3.05, 3.63) is 566 Å². The van der Waals surface area contributed by atoms with Gasteiger partial charge in [-0.25, -0.2) is 15.0 Å². The Morgan fingerprint density at radius 3 is 0.633 bits per heavy atom. The van der Waals surface area contributed by atoms with Gasteiger partial charge < -0.3 is 0 Å². The molecule has 18 aromatic carbocycles. The van der Waals surface area contributed by atoms with Crippen molar-refractivity contribution in [3.8, 4) is 201 Å². The topological polar surface area (TPSA) is 116 Å². The van der Waals surface area contributed by atoms with E-state index in [-0.39, 0.29) is 0 Å². The highest BCUT2D eigenvalue weighted by molar-refractivity contribution is 6.25. The molecule has 0 aliphatic rings. The Labute approximate surface area is 870 Å². The van der Waals surface area contributed by atoms with Crippen molar-refractivity contribution in [2.75, 3.05) is 0 Å². The van der Waals surface area contributed by atoms with Gasteiger partial charge in [0.15, 0.2) is 0 Å². The summed E-state index contributed by atoms with van der Waals surface area (Å²) in [6.45, 7) is 0. The normalized spacial score (nSPS) is 11.2. The summed E-state index contributed by atoms with van der Waals surface area (Å²) in [5, 5.41) is 14.9. The second-order valence-electron chi connectivity index (χ2n) is 37.4. The van der Waals surface area contributed by atoms with Crippen LogP contribution in [-0.2, 0) is 0 Å². The Morgan fingerprint density at radius 1 is 0.100 bits per heavy atom. The van der Waals surface area contributed by atoms with Gasteiger partial charge in [-0.3, -0.25) is 29.9 Å². The molecular formula is C141H93N9. The third kappa shape index (κ3) is 18.4. The second-order valence-corrected chi connectivity index (χ2v) is 37.4. The zero-order valence-electron chi connectivity index (χ0n) is 81.7. The second kappa shape index (κ2) is 41.3. The first-order valence-electron chi connectivity index (χ1n) is 50.5. The lowest BCUT2D eigenvalue weighted by Gasteiger charge is -2.18. The van der Waals surface area contributed by atoms with Gasteiger partial charge in [-0.15, -0.1) is 0 Å². The van der Waals surface area contributed by atoms with E-state index < -0.39 is 0 Å². The van der Waals surface area contributed by atoms with Crippen LogP contribution in [0.1, 0.15) is 0 Å². The van der Waals surface area contributed by atoms with Crippen LogP contribution in [0.3, 0.4) is 0 Å². The third-order valence-corrected chi connectivity index (χ3v) is 28.3. The Morgan fingerprint density at radius 2 is 0.313 bits per heavy atom. The quantitative estimate of drug-likeness (QED) is 0.0774. The molecule has 0 atom stereocenters. The summed E-state index contributed by atoms with van der Waals surface area (Å²) < 4.78 is 0. The minimum atomic E-state index is 0.878. The number of aromatic nitrogens is 9. The van der Waals surface area contributed by atoms with Crippen LogP contribution in [0.2, 0.25) is 0 Å². The van der Waals surface area contributed by atoms with Gasteiger partial charge in [0.25, 0.3) is 0 Å². The Balaban J connectivity index is 0.000000116. The number of fused-ring (bicyclic) bond motifs is 6. The highest BCUT2D eigenvalue weighted by Crippen LogP contribution is 2.51. The van der Waals surface area contributed by atoms with Gasteiger partial charge in [0.05, 0.1) is 34.2 Å². The molecule has 27 aromatic rings. The molecule has 0 saturated carbocycles. The van der Waals surface area contributed by atoms with Gasteiger partial charge >= 0.3 is 0 Å². The first-order valence-corrected chi connectivity index (χ1v) is 50.5. The molecule has 27 rings (SSSR count). The monoisotopic (exact) mass is 1910 g/mol. The molecule has 9 aromatic heterocycles. The van der Waals surface area contributed by atoms with Gasteiger partial charge in [-0.2, -0.15) is 0 Å². The van der Waals surface area contributed by atoms with E-state index in [9.17, 15) is 0 Å². The van der Waals surface area contributed by atoms with E-state index in [0.717, 1.165) is 134 Å². The first kappa shape index (κ1) is 91.1. The maximum absolute atomic E-state index is 5.23. The summed E-state index contributed by atoms with van der Waals surface area (Å²) in [6.07, 6.45) is 22.0. The number of hydrogen-bond donors (Lipinski definition) is 0. The molecule has 0 bridgehead atoms. The average Bonchev–Trinajstić information content (AvgIpc) is 0.738. The summed E-state index contributed by atoms with van der Waals surface area (Å²) >= 11 is 0. The minimum Gasteiger partial charge on any atom is -0.265 e. The standard InChI is InChI=1S/3C47H31N3/c1-2-11-33(12-3-1)46-40-18-4-6-20-42(40)47(43-21-7-5-19-41(43)46)37-16-9-14-35(28-37)39-29-44(50-45(30-39)38-17-10-24-49-31-38)36-15-8-13-34(27-36)32-22-25-48-26-23-32;1-2-10-35(11-3-1)46-40-15-4-6-17-42(40)47(43-18-7-5-16-41(43)46)37-13-8-12-36(28-37)39-29-44(50-45(30-39)38-14-9-25-49-31-38)34-21-19-32(20-22-34)33-23-26-48-27-24-33;1-2-12-33(13-3-1)46-40-19-6-8-21-42(40)47(43-22-9-7-20-41(43)46)35-15-10-14-34(28-35)37-29-44(36-16-11-25-49-31-36)50-45(30-37)39-18-5-4-17-38(39)32-23-26-48-27-24-32/h3*1-31H. The first-order chi connectivity index (χ1) is 74.4. The van der Waals surface area contributed by atoms with Crippen molar-refractivity contribution >= 4 is 64.6 Å². The van der Waals surface area contributed by atoms with E-state index in [0.29, 0.717) is 0 Å². The summed E-state index contributed by atoms with van der Waals surface area (Å²) in [7, 11) is 0. The number of nitrogens with zero attached hydrogens (tertiary/aromatic N) is 9. The van der Waals surface area contributed by atoms with E-state index in [4.69, 9.17) is 15.0 Å². The maximum atomic E-state index is 5.23. The van der Waals surface area contributed by atoms with E-state index in [1.54, 1.807) is 18.6 Å². The molecule has 0 saturated heterocycles. The minimum absolute atomic E-state index is 0.878. The molecule has 9 heteroatoms. The molecule has 0 N–H and O–H groups in total. The molecule has 0 amide bonds. The van der Waals surface area contributed by atoms with Gasteiger partial charge in [0.2, 0.25) is 0 Å². The van der Waals surface area contributed by atoms with Crippen molar-refractivity contribution in [2.24, 2.45) is 0 Å². The highest BCUT2D eigenvalue weighted by Gasteiger charge is 2.25. The zero-order valence-corrected chi connectivity index (χ0v) is 81.7. The van der Waals surface area contributed by atoms with Crippen LogP contribution in [-0.4, -0.2) is 44.9 Å². The van der Waals surface area contributed by atoms with Gasteiger partial charge in [-0.05, 0) is 332 Å². The average molecular weight is 1910 g/mol. The lowest BCUT2D eigenvalue weighted by Crippen LogP contribution is -1.94. The van der Waals surface area contributed by atoms with Crippen molar-refractivity contribution in [1.29, 1.82) is 0 Å². The molecular weight excluding hydrogens is 1820 g/mol. The van der Waals surface area contributed by atoms with Crippen LogP contribution in [0.4, 0.5) is 0 Å². The molecule has 702 valence electrons. The lowest BCUT2D eigenvalue weighted by molar-refractivity contribution is 1.28. The molecule has 150 heavy (non-hydrogen) atoms. The number of hydrogen-bond acceptors (Lipinski definition) is 9. The van der Waals surface area contributed by atoms with Crippen LogP contribution in [0.25, 0.3) is 266 Å². The summed E-state index contributed by atoms with van der Waals surface area (Å²) in [4.78, 5) is 41.4. The summed E-state index contributed by atoms with van der Waals surface area (Å²) in [5.41, 5.74) is 39.6. The van der Waals surface area contributed by atoms with Gasteiger partial charge in [-0.1, -0.05) is 358 Å². The lowest BCUT2D eigenvalue weighted by atomic mass is 9.85. The van der Waals surface area contributed by atoms with Crippen molar-refractivity contribution in [3.63, 3.8) is 0 Å². The van der Waals surface area contributed by atoms with Crippen LogP contribution in [0, 0.1) is 0 Å². The van der Waals surface area contributed by atoms with Gasteiger partial charge in [0.1, 0.15) is 0 Å². The number of rotatable bonds is 18. The molecule has 0 radical (unpaired) electrons. The molecule has 0 aliphatic carbocycles. The summed E-state index contributed by atoms with van der Waals surface area (Å²) in [5.74, 6) is 0. The van der Waals surface area contributed by atoms with Crippen LogP contribution in [0.5, 0.6) is 0 Å². The molecule has 0 fully saturated rings. The molecule has 0 unspecified atom stereocenters. The van der Waals surface area contributed by atoms with E-state index in [1.807, 2.05) is 110 Å². The Kier molecular flexibility index (Phi) is 25.1. The number of pyridine rings is 9. The van der Waals surface area contributed by atoms with E-state index in [2.05, 4.69) is 467 Å². The van der Waals surface area contributed by atoms with Crippen LogP contribution >= 0.6 is 0 Å². The molecule has 9 nitrogen and oxygen atoms in total. The third-order valence-electron chi connectivity index (χ3n) is 28.3. The fourth-order valence-corrected chi connectivity index (χ4v) is 21.4. The summed E-state index contributed by atoms with van der Waals surface area (Å²) in [6, 6.07) is 175. The fourth-order valence-electron chi connectivity index (χ4n) is 21.4. The van der Waals surface area contributed by atoms with Crippen molar-refractivity contribution in [2.45, 2.75) is 0 Å². The van der Waals surface area contributed by atoms with Crippen molar-refractivity contribution < 1.29 is 0 Å². The predicted molar refractivity (Wildman–Crippen MR) is 622 cm³/mol.